The molecule has 0 aliphatic carbocycles. The van der Waals surface area contributed by atoms with Crippen molar-refractivity contribution in [3.05, 3.63) is 65.7 Å². The summed E-state index contributed by atoms with van der Waals surface area (Å²) in [5, 5.41) is 19.0. The van der Waals surface area contributed by atoms with Gasteiger partial charge in [0, 0.05) is 24.8 Å². The Morgan fingerprint density at radius 1 is 1.07 bits per heavy atom. The molecule has 150 valence electrons. The zero-order chi connectivity index (χ0) is 20.8. The highest BCUT2D eigenvalue weighted by Crippen LogP contribution is 2.29. The minimum Gasteiger partial charge on any atom is -0.249 e. The van der Waals surface area contributed by atoms with Crippen molar-refractivity contribution in [2.45, 2.75) is 25.8 Å². The van der Waals surface area contributed by atoms with E-state index in [9.17, 15) is 0 Å². The van der Waals surface area contributed by atoms with Crippen molar-refractivity contribution in [3.63, 3.8) is 0 Å². The SMILES string of the molecule is C#CCCn1nc(CCS)nc1Cc1ccc(-c2ccccc2-c2nn[nH]n2)cc1. The molecule has 8 heteroatoms. The van der Waals surface area contributed by atoms with Gasteiger partial charge in [0.25, 0.3) is 0 Å². The molecule has 0 saturated carbocycles. The number of tetrazole rings is 1. The first kappa shape index (κ1) is 19.9. The van der Waals surface area contributed by atoms with E-state index in [-0.39, 0.29) is 0 Å². The maximum atomic E-state index is 5.43. The Morgan fingerprint density at radius 3 is 2.57 bits per heavy atom. The van der Waals surface area contributed by atoms with Crippen LogP contribution < -0.4 is 0 Å². The highest BCUT2D eigenvalue weighted by atomic mass is 32.1. The lowest BCUT2D eigenvalue weighted by Crippen LogP contribution is -2.06. The summed E-state index contributed by atoms with van der Waals surface area (Å²) in [6.07, 6.45) is 7.49. The number of nitrogens with zero attached hydrogens (tertiary/aromatic N) is 6. The summed E-state index contributed by atoms with van der Waals surface area (Å²) in [4.78, 5) is 4.68. The van der Waals surface area contributed by atoms with E-state index >= 15 is 0 Å². The fraction of sp³-hybridized carbons (Fsp3) is 0.227. The molecule has 2 heterocycles. The number of terminal acetylenes is 1. The second-order valence-electron chi connectivity index (χ2n) is 6.75. The van der Waals surface area contributed by atoms with Crippen molar-refractivity contribution in [2.75, 3.05) is 5.75 Å². The quantitative estimate of drug-likeness (QED) is 0.341. The third-order valence-corrected chi connectivity index (χ3v) is 4.96. The molecule has 0 radical (unpaired) electrons. The molecule has 0 bridgehead atoms. The van der Waals surface area contributed by atoms with Gasteiger partial charge in [0.05, 0.1) is 6.54 Å². The van der Waals surface area contributed by atoms with E-state index in [1.165, 1.54) is 0 Å². The molecular weight excluding hydrogens is 394 g/mol. The average molecular weight is 416 g/mol. The predicted octanol–water partition coefficient (Wildman–Crippen LogP) is 3.21. The average Bonchev–Trinajstić information content (AvgIpc) is 3.44. The van der Waals surface area contributed by atoms with Crippen LogP contribution in [0, 0.1) is 12.3 Å². The van der Waals surface area contributed by atoms with Crippen LogP contribution in [0.4, 0.5) is 0 Å². The maximum absolute atomic E-state index is 5.43. The molecule has 0 aliphatic heterocycles. The molecule has 1 N–H and O–H groups in total. The van der Waals surface area contributed by atoms with Crippen molar-refractivity contribution < 1.29 is 0 Å². The molecule has 0 atom stereocenters. The highest BCUT2D eigenvalue weighted by molar-refractivity contribution is 7.80. The molecule has 4 rings (SSSR count). The van der Waals surface area contributed by atoms with Crippen molar-refractivity contribution in [2.24, 2.45) is 0 Å². The number of H-pyrrole nitrogens is 1. The molecule has 4 aromatic rings. The topological polar surface area (TPSA) is 85.2 Å². The van der Waals surface area contributed by atoms with Crippen molar-refractivity contribution in [1.29, 1.82) is 0 Å². The Labute approximate surface area is 180 Å². The van der Waals surface area contributed by atoms with Gasteiger partial charge < -0.3 is 0 Å². The third kappa shape index (κ3) is 4.42. The van der Waals surface area contributed by atoms with Gasteiger partial charge in [-0.25, -0.2) is 9.67 Å². The number of aryl methyl sites for hydroxylation is 2. The van der Waals surface area contributed by atoms with Crippen molar-refractivity contribution in [1.82, 2.24) is 35.4 Å². The van der Waals surface area contributed by atoms with Crippen molar-refractivity contribution >= 4 is 12.6 Å². The minimum atomic E-state index is 0.577. The first-order valence-corrected chi connectivity index (χ1v) is 10.3. The van der Waals surface area contributed by atoms with E-state index in [1.807, 2.05) is 22.9 Å². The van der Waals surface area contributed by atoms with Crippen LogP contribution in [0.1, 0.15) is 23.6 Å². The van der Waals surface area contributed by atoms with Gasteiger partial charge in [0.1, 0.15) is 5.82 Å². The van der Waals surface area contributed by atoms with Crippen LogP contribution in [0.3, 0.4) is 0 Å². The van der Waals surface area contributed by atoms with E-state index in [2.05, 4.69) is 79.6 Å². The van der Waals surface area contributed by atoms with Gasteiger partial charge in [-0.1, -0.05) is 48.5 Å². The van der Waals surface area contributed by atoms with Crippen LogP contribution in [0.2, 0.25) is 0 Å². The van der Waals surface area contributed by atoms with E-state index in [1.54, 1.807) is 0 Å². The summed E-state index contributed by atoms with van der Waals surface area (Å²) in [5.41, 5.74) is 4.23. The summed E-state index contributed by atoms with van der Waals surface area (Å²) in [5.74, 6) is 5.69. The van der Waals surface area contributed by atoms with Crippen LogP contribution in [0.15, 0.2) is 48.5 Å². The number of thiol groups is 1. The van der Waals surface area contributed by atoms with E-state index in [4.69, 9.17) is 6.42 Å². The fourth-order valence-electron chi connectivity index (χ4n) is 3.30. The lowest BCUT2D eigenvalue weighted by atomic mass is 9.98. The normalized spacial score (nSPS) is 10.8. The fourth-order valence-corrected chi connectivity index (χ4v) is 3.50. The maximum Gasteiger partial charge on any atom is 0.205 e. The molecule has 0 saturated heterocycles. The largest absolute Gasteiger partial charge is 0.249 e. The van der Waals surface area contributed by atoms with Gasteiger partial charge in [-0.3, -0.25) is 0 Å². The van der Waals surface area contributed by atoms with Gasteiger partial charge in [0.2, 0.25) is 5.82 Å². The number of aromatic amines is 1. The van der Waals surface area contributed by atoms with Gasteiger partial charge >= 0.3 is 0 Å². The second kappa shape index (κ2) is 9.37. The van der Waals surface area contributed by atoms with Gasteiger partial charge in [-0.05, 0) is 27.7 Å². The zero-order valence-corrected chi connectivity index (χ0v) is 17.3. The van der Waals surface area contributed by atoms with E-state index in [0.717, 1.165) is 40.3 Å². The summed E-state index contributed by atoms with van der Waals surface area (Å²) in [6, 6.07) is 16.4. The van der Waals surface area contributed by atoms with Gasteiger partial charge in [0.15, 0.2) is 5.82 Å². The van der Waals surface area contributed by atoms with Crippen LogP contribution in [0.25, 0.3) is 22.5 Å². The first-order chi connectivity index (χ1) is 14.8. The molecule has 0 amide bonds. The van der Waals surface area contributed by atoms with Crippen LogP contribution >= 0.6 is 12.6 Å². The minimum absolute atomic E-state index is 0.577. The number of aromatic nitrogens is 7. The molecule has 30 heavy (non-hydrogen) atoms. The molecular formula is C22H21N7S. The number of rotatable bonds is 8. The number of hydrogen-bond acceptors (Lipinski definition) is 6. The van der Waals surface area contributed by atoms with Crippen LogP contribution in [-0.4, -0.2) is 41.1 Å². The second-order valence-corrected chi connectivity index (χ2v) is 7.20. The zero-order valence-electron chi connectivity index (χ0n) is 16.4. The third-order valence-electron chi connectivity index (χ3n) is 4.74. The van der Waals surface area contributed by atoms with Crippen LogP contribution in [-0.2, 0) is 19.4 Å². The predicted molar refractivity (Wildman–Crippen MR) is 119 cm³/mol. The summed E-state index contributed by atoms with van der Waals surface area (Å²) >= 11 is 4.29. The number of benzene rings is 2. The molecule has 0 spiro atoms. The van der Waals surface area contributed by atoms with E-state index < -0.39 is 0 Å². The highest BCUT2D eigenvalue weighted by Gasteiger charge is 2.12. The Bertz CT molecular complexity index is 1140. The Hall–Kier alpha value is -3.44. The summed E-state index contributed by atoms with van der Waals surface area (Å²) < 4.78 is 1.91. The smallest absolute Gasteiger partial charge is 0.205 e. The standard InChI is InChI=1S/C22H21N7S/c1-2-3-13-29-21(23-20(26-29)12-14-30)15-16-8-10-17(11-9-16)18-6-4-5-7-19(18)22-24-27-28-25-22/h1,4-11,30H,3,12-15H2,(H,24,25,27,28). The summed E-state index contributed by atoms with van der Waals surface area (Å²) in [6.45, 7) is 0.668. The molecule has 0 fully saturated rings. The Balaban J connectivity index is 1.58. The molecule has 2 aromatic carbocycles. The van der Waals surface area contributed by atoms with E-state index in [0.29, 0.717) is 31.0 Å². The van der Waals surface area contributed by atoms with Gasteiger partial charge in [-0.2, -0.15) is 22.9 Å². The van der Waals surface area contributed by atoms with Crippen LogP contribution in [0.5, 0.6) is 0 Å². The van der Waals surface area contributed by atoms with Crippen molar-refractivity contribution in [3.8, 4) is 34.9 Å². The lowest BCUT2D eigenvalue weighted by Gasteiger charge is -2.08. The number of hydrogen-bond donors (Lipinski definition) is 2. The monoisotopic (exact) mass is 415 g/mol. The molecule has 2 aromatic heterocycles. The lowest BCUT2D eigenvalue weighted by molar-refractivity contribution is 0.594. The first-order valence-electron chi connectivity index (χ1n) is 9.67. The molecule has 0 unspecified atom stereocenters. The summed E-state index contributed by atoms with van der Waals surface area (Å²) in [7, 11) is 0. The Morgan fingerprint density at radius 2 is 1.87 bits per heavy atom. The van der Waals surface area contributed by atoms with Gasteiger partial charge in [-0.15, -0.1) is 22.5 Å². The molecule has 7 nitrogen and oxygen atoms in total. The molecule has 0 aliphatic rings. The number of nitrogens with one attached hydrogen (secondary N) is 1. The Kier molecular flexibility index (Phi) is 6.20.